The molecule has 1 aliphatic heterocycles. The van der Waals surface area contributed by atoms with Gasteiger partial charge in [0.1, 0.15) is 12.7 Å². The highest BCUT2D eigenvalue weighted by atomic mass is 32.2. The third kappa shape index (κ3) is 3.61. The summed E-state index contributed by atoms with van der Waals surface area (Å²) in [5.74, 6) is 0. The zero-order valence-corrected chi connectivity index (χ0v) is 11.9. The third-order valence-electron chi connectivity index (χ3n) is 2.73. The van der Waals surface area contributed by atoms with E-state index < -0.39 is 22.3 Å². The van der Waals surface area contributed by atoms with Gasteiger partial charge in [0, 0.05) is 18.9 Å². The Bertz CT molecular complexity index is 607. The Hall–Kier alpha value is -1.80. The number of hydrogen-bond acceptors (Lipinski definition) is 5. The third-order valence-corrected chi connectivity index (χ3v) is 3.29. The topological polar surface area (TPSA) is 77.8 Å². The van der Waals surface area contributed by atoms with E-state index in [1.807, 2.05) is 10.8 Å². The molecule has 20 heavy (non-hydrogen) atoms. The van der Waals surface area contributed by atoms with Crippen molar-refractivity contribution in [2.75, 3.05) is 24.3 Å². The Morgan fingerprint density at radius 2 is 2.35 bits per heavy atom. The van der Waals surface area contributed by atoms with Gasteiger partial charge in [0.2, 0.25) is 0 Å². The molecule has 2 heterocycles. The van der Waals surface area contributed by atoms with E-state index in [0.717, 1.165) is 6.26 Å². The zero-order valence-electron chi connectivity index (χ0n) is 11.1. The number of carbonyl (C=O) groups excluding carboxylic acids is 1. The molecule has 7 nitrogen and oxygen atoms in total. The Labute approximate surface area is 117 Å². The van der Waals surface area contributed by atoms with Crippen molar-refractivity contribution in [3.05, 3.63) is 31.1 Å². The maximum Gasteiger partial charge on any atom is 0.414 e. The standard InChI is InChI=1S/C12H16N2O5S/c1-3-5-13-6-4-10(7-13)14-8-11(19-12(14)15)9-18-20(2,16)17/h3-4,6-7,11H,1,5,8-9H2,2H3/t11-/m1/s1. The fourth-order valence-electron chi connectivity index (χ4n) is 1.87. The van der Waals surface area contributed by atoms with Gasteiger partial charge in [-0.2, -0.15) is 8.42 Å². The number of cyclic esters (lactones) is 1. The monoisotopic (exact) mass is 300 g/mol. The fraction of sp³-hybridized carbons (Fsp3) is 0.417. The molecule has 0 aromatic carbocycles. The normalized spacial score (nSPS) is 19.1. The summed E-state index contributed by atoms with van der Waals surface area (Å²) >= 11 is 0. The molecular formula is C12H16N2O5S. The minimum Gasteiger partial charge on any atom is -0.441 e. The van der Waals surface area contributed by atoms with E-state index in [0.29, 0.717) is 12.2 Å². The smallest absolute Gasteiger partial charge is 0.414 e. The maximum atomic E-state index is 11.7. The molecule has 8 heteroatoms. The lowest BCUT2D eigenvalue weighted by molar-refractivity contribution is 0.107. The number of amides is 1. The largest absolute Gasteiger partial charge is 0.441 e. The average molecular weight is 300 g/mol. The summed E-state index contributed by atoms with van der Waals surface area (Å²) in [5.41, 5.74) is 0.693. The number of carbonyl (C=O) groups is 1. The van der Waals surface area contributed by atoms with Crippen molar-refractivity contribution < 1.29 is 22.1 Å². The van der Waals surface area contributed by atoms with Crippen LogP contribution < -0.4 is 4.90 Å². The highest BCUT2D eigenvalue weighted by Crippen LogP contribution is 2.22. The summed E-state index contributed by atoms with van der Waals surface area (Å²) in [6.45, 7) is 4.36. The van der Waals surface area contributed by atoms with Crippen LogP contribution in [0.4, 0.5) is 10.5 Å². The Morgan fingerprint density at radius 3 is 3.00 bits per heavy atom. The van der Waals surface area contributed by atoms with Crippen molar-refractivity contribution in [3.63, 3.8) is 0 Å². The Morgan fingerprint density at radius 1 is 1.60 bits per heavy atom. The van der Waals surface area contributed by atoms with Crippen molar-refractivity contribution in [3.8, 4) is 0 Å². The van der Waals surface area contributed by atoms with Crippen LogP contribution in [0.3, 0.4) is 0 Å². The summed E-state index contributed by atoms with van der Waals surface area (Å²) in [5, 5.41) is 0. The molecule has 0 saturated carbocycles. The van der Waals surface area contributed by atoms with E-state index >= 15 is 0 Å². The first kappa shape index (κ1) is 14.6. The molecule has 0 unspecified atom stereocenters. The number of rotatable bonds is 6. The molecule has 1 aromatic rings. The van der Waals surface area contributed by atoms with E-state index in [-0.39, 0.29) is 13.2 Å². The first-order chi connectivity index (χ1) is 9.39. The summed E-state index contributed by atoms with van der Waals surface area (Å²) in [6, 6.07) is 1.78. The molecule has 1 amide bonds. The number of hydrogen-bond donors (Lipinski definition) is 0. The van der Waals surface area contributed by atoms with Gasteiger partial charge in [-0.3, -0.25) is 9.08 Å². The van der Waals surface area contributed by atoms with Crippen molar-refractivity contribution in [1.82, 2.24) is 4.57 Å². The zero-order chi connectivity index (χ0) is 14.8. The van der Waals surface area contributed by atoms with E-state index in [9.17, 15) is 13.2 Å². The van der Waals surface area contributed by atoms with Crippen LogP contribution >= 0.6 is 0 Å². The molecule has 0 radical (unpaired) electrons. The SMILES string of the molecule is C=CCn1ccc(N2C[C@H](COS(C)(=O)=O)OC2=O)c1. The van der Waals surface area contributed by atoms with E-state index in [1.54, 1.807) is 18.3 Å². The lowest BCUT2D eigenvalue weighted by atomic mass is 10.3. The Kier molecular flexibility index (Phi) is 4.15. The predicted octanol–water partition coefficient (Wildman–Crippen LogP) is 0.976. The number of aromatic nitrogens is 1. The van der Waals surface area contributed by atoms with Crippen LogP contribution in [0.1, 0.15) is 0 Å². The van der Waals surface area contributed by atoms with Crippen LogP contribution in [0.25, 0.3) is 0 Å². The average Bonchev–Trinajstić information content (AvgIpc) is 2.93. The van der Waals surface area contributed by atoms with Gasteiger partial charge < -0.3 is 9.30 Å². The van der Waals surface area contributed by atoms with Gasteiger partial charge in [-0.15, -0.1) is 6.58 Å². The molecule has 1 aliphatic rings. The molecule has 0 N–H and O–H groups in total. The number of anilines is 1. The molecule has 0 aliphatic carbocycles. The van der Waals surface area contributed by atoms with E-state index in [2.05, 4.69) is 10.8 Å². The highest BCUT2D eigenvalue weighted by molar-refractivity contribution is 7.85. The number of allylic oxidation sites excluding steroid dienone is 1. The van der Waals surface area contributed by atoms with Gasteiger partial charge >= 0.3 is 6.09 Å². The van der Waals surface area contributed by atoms with Crippen molar-refractivity contribution in [1.29, 1.82) is 0 Å². The summed E-state index contributed by atoms with van der Waals surface area (Å²) in [6.07, 6.45) is 5.21. The Balaban J connectivity index is 1.99. The van der Waals surface area contributed by atoms with Crippen molar-refractivity contribution in [2.24, 2.45) is 0 Å². The second-order valence-corrected chi connectivity index (χ2v) is 6.10. The quantitative estimate of drug-likeness (QED) is 0.578. The molecule has 1 atom stereocenters. The lowest BCUT2D eigenvalue weighted by Gasteiger charge is -2.10. The molecule has 2 rings (SSSR count). The molecule has 1 fully saturated rings. The molecular weight excluding hydrogens is 284 g/mol. The number of ether oxygens (including phenoxy) is 1. The van der Waals surface area contributed by atoms with Crippen LogP contribution in [0.15, 0.2) is 31.1 Å². The fourth-order valence-corrected chi connectivity index (χ4v) is 2.27. The lowest BCUT2D eigenvalue weighted by Crippen LogP contribution is -2.26. The van der Waals surface area contributed by atoms with Crippen molar-refractivity contribution >= 4 is 21.9 Å². The first-order valence-electron chi connectivity index (χ1n) is 5.98. The van der Waals surface area contributed by atoms with E-state index in [4.69, 9.17) is 4.74 Å². The molecule has 1 aromatic heterocycles. The highest BCUT2D eigenvalue weighted by Gasteiger charge is 2.33. The van der Waals surface area contributed by atoms with Crippen LogP contribution in [0.5, 0.6) is 0 Å². The maximum absolute atomic E-state index is 11.7. The van der Waals surface area contributed by atoms with Crippen LogP contribution in [-0.2, 0) is 25.6 Å². The minimum absolute atomic E-state index is 0.172. The molecule has 0 bridgehead atoms. The van der Waals surface area contributed by atoms with Gasteiger partial charge in [-0.25, -0.2) is 4.79 Å². The predicted molar refractivity (Wildman–Crippen MR) is 73.0 cm³/mol. The van der Waals surface area contributed by atoms with Crippen LogP contribution in [0.2, 0.25) is 0 Å². The van der Waals surface area contributed by atoms with Crippen LogP contribution in [0, 0.1) is 0 Å². The van der Waals surface area contributed by atoms with Crippen molar-refractivity contribution in [2.45, 2.75) is 12.6 Å². The second kappa shape index (κ2) is 5.68. The van der Waals surface area contributed by atoms with Gasteiger partial charge in [-0.1, -0.05) is 6.08 Å². The van der Waals surface area contributed by atoms with Gasteiger partial charge in [-0.05, 0) is 6.07 Å². The molecule has 110 valence electrons. The summed E-state index contributed by atoms with van der Waals surface area (Å²) < 4.78 is 33.4. The van der Waals surface area contributed by atoms with E-state index in [1.165, 1.54) is 4.90 Å². The van der Waals surface area contributed by atoms with Gasteiger partial charge in [0.15, 0.2) is 0 Å². The second-order valence-electron chi connectivity index (χ2n) is 4.46. The summed E-state index contributed by atoms with van der Waals surface area (Å²) in [7, 11) is -3.54. The van der Waals surface area contributed by atoms with Gasteiger partial charge in [0.25, 0.3) is 10.1 Å². The van der Waals surface area contributed by atoms with Crippen LogP contribution in [-0.4, -0.2) is 44.6 Å². The molecule has 1 saturated heterocycles. The first-order valence-corrected chi connectivity index (χ1v) is 7.80. The molecule has 0 spiro atoms. The van der Waals surface area contributed by atoms with Gasteiger partial charge in [0.05, 0.1) is 18.5 Å². The number of nitrogens with zero attached hydrogens (tertiary/aromatic N) is 2. The minimum atomic E-state index is -3.54. The summed E-state index contributed by atoms with van der Waals surface area (Å²) in [4.78, 5) is 13.2.